The number of nitrogens with two attached hydrogens (primary N) is 1. The molecule has 132 valence electrons. The average Bonchev–Trinajstić information content (AvgIpc) is 2.99. The summed E-state index contributed by atoms with van der Waals surface area (Å²) in [5.74, 6) is 0.137. The Labute approximate surface area is 135 Å². The molecule has 1 saturated heterocycles. The van der Waals surface area contributed by atoms with Crippen molar-refractivity contribution in [2.75, 3.05) is 12.3 Å². The van der Waals surface area contributed by atoms with Gasteiger partial charge in [0.15, 0.2) is 17.7 Å². The Morgan fingerprint density at radius 3 is 2.83 bits per heavy atom. The number of ether oxygens (including phenoxy) is 1. The number of anilines is 1. The molecule has 3 rings (SSSR count). The number of phosphoric acid groups is 1. The Morgan fingerprint density at radius 2 is 2.17 bits per heavy atom. The van der Waals surface area contributed by atoms with Crippen molar-refractivity contribution in [2.24, 2.45) is 0 Å². The van der Waals surface area contributed by atoms with Crippen LogP contribution in [0.15, 0.2) is 12.7 Å². The minimum absolute atomic E-state index is 0.137. The number of fused-ring (bicyclic) bond motifs is 1. The van der Waals surface area contributed by atoms with Crippen molar-refractivity contribution in [1.82, 2.24) is 19.5 Å². The third-order valence-corrected chi connectivity index (χ3v) is 4.29. The molecule has 3 heterocycles. The summed E-state index contributed by atoms with van der Waals surface area (Å²) < 4.78 is 22.0. The number of aliphatic hydroxyl groups is 2. The second kappa shape index (κ2) is 5.70. The number of nitrogen functional groups attached to an aromatic ring is 1. The summed E-state index contributed by atoms with van der Waals surface area (Å²) in [5.41, 5.74) is 4.47. The smallest absolute Gasteiger partial charge is 0.387 e. The zero-order valence-corrected chi connectivity index (χ0v) is 13.3. The molecular formula is C11H16N5O7P. The fraction of sp³-hybridized carbons (Fsp3) is 0.545. The highest BCUT2D eigenvalue weighted by Gasteiger charge is 2.53. The Hall–Kier alpha value is -1.66. The van der Waals surface area contributed by atoms with E-state index in [4.69, 9.17) is 20.3 Å². The van der Waals surface area contributed by atoms with Crippen molar-refractivity contribution in [3.63, 3.8) is 0 Å². The van der Waals surface area contributed by atoms with Crippen LogP contribution in [0.25, 0.3) is 11.2 Å². The molecule has 0 saturated carbocycles. The number of hydrogen-bond donors (Lipinski definition) is 5. The first-order valence-corrected chi connectivity index (χ1v) is 8.33. The van der Waals surface area contributed by atoms with Gasteiger partial charge in [-0.2, -0.15) is 0 Å². The minimum Gasteiger partial charge on any atom is -0.387 e. The highest BCUT2D eigenvalue weighted by atomic mass is 31.2. The fourth-order valence-electron chi connectivity index (χ4n) is 2.59. The van der Waals surface area contributed by atoms with E-state index in [9.17, 15) is 14.8 Å². The molecule has 6 N–H and O–H groups in total. The van der Waals surface area contributed by atoms with Crippen molar-refractivity contribution in [3.8, 4) is 0 Å². The van der Waals surface area contributed by atoms with E-state index in [2.05, 4.69) is 19.5 Å². The first-order chi connectivity index (χ1) is 11.1. The molecule has 0 aliphatic carbocycles. The maximum absolute atomic E-state index is 10.8. The van der Waals surface area contributed by atoms with Crippen LogP contribution in [0.5, 0.6) is 0 Å². The monoisotopic (exact) mass is 361 g/mol. The van der Waals surface area contributed by atoms with Crippen LogP contribution >= 0.6 is 7.82 Å². The number of phosphoric ester groups is 1. The van der Waals surface area contributed by atoms with E-state index in [0.29, 0.717) is 5.52 Å². The second-order valence-electron chi connectivity index (χ2n) is 5.57. The second-order valence-corrected chi connectivity index (χ2v) is 6.81. The number of nitrogens with zero attached hydrogens (tertiary/aromatic N) is 4. The predicted octanol–water partition coefficient (Wildman–Crippen LogP) is -1.47. The van der Waals surface area contributed by atoms with Crippen LogP contribution < -0.4 is 5.73 Å². The quantitative estimate of drug-likeness (QED) is 0.400. The largest absolute Gasteiger partial charge is 0.469 e. The Kier molecular flexibility index (Phi) is 4.08. The van der Waals surface area contributed by atoms with Gasteiger partial charge in [0.25, 0.3) is 0 Å². The predicted molar refractivity (Wildman–Crippen MR) is 78.3 cm³/mol. The summed E-state index contributed by atoms with van der Waals surface area (Å²) in [6.45, 7) is 0.706. The summed E-state index contributed by atoms with van der Waals surface area (Å²) in [7, 11) is -4.74. The molecule has 2 aromatic heterocycles. The van der Waals surface area contributed by atoms with Crippen molar-refractivity contribution < 1.29 is 33.8 Å². The molecule has 13 heteroatoms. The summed E-state index contributed by atoms with van der Waals surface area (Å²) in [5, 5.41) is 20.8. The van der Waals surface area contributed by atoms with Gasteiger partial charge in [0.2, 0.25) is 0 Å². The van der Waals surface area contributed by atoms with Crippen LogP contribution in [0, 0.1) is 0 Å². The fourth-order valence-corrected chi connectivity index (χ4v) is 2.93. The molecule has 1 fully saturated rings. The van der Waals surface area contributed by atoms with E-state index in [-0.39, 0.29) is 11.5 Å². The third kappa shape index (κ3) is 2.89. The lowest BCUT2D eigenvalue weighted by atomic mass is 9.96. The van der Waals surface area contributed by atoms with Crippen molar-refractivity contribution in [3.05, 3.63) is 12.7 Å². The molecule has 12 nitrogen and oxygen atoms in total. The van der Waals surface area contributed by atoms with E-state index in [1.54, 1.807) is 0 Å². The molecule has 0 spiro atoms. The van der Waals surface area contributed by atoms with Crippen LogP contribution in [-0.2, 0) is 13.8 Å². The Morgan fingerprint density at radius 1 is 1.46 bits per heavy atom. The Balaban J connectivity index is 1.92. The van der Waals surface area contributed by atoms with Gasteiger partial charge in [0.1, 0.15) is 29.7 Å². The van der Waals surface area contributed by atoms with E-state index in [1.165, 1.54) is 24.1 Å². The summed E-state index contributed by atoms with van der Waals surface area (Å²) in [6, 6.07) is 0. The van der Waals surface area contributed by atoms with E-state index in [1.807, 2.05) is 0 Å². The number of imidazole rings is 1. The highest BCUT2D eigenvalue weighted by Crippen LogP contribution is 2.42. The molecule has 0 aromatic carbocycles. The highest BCUT2D eigenvalue weighted by molar-refractivity contribution is 7.46. The number of hydrogen-bond acceptors (Lipinski definition) is 9. The molecule has 0 bridgehead atoms. The molecular weight excluding hydrogens is 345 g/mol. The van der Waals surface area contributed by atoms with E-state index >= 15 is 0 Å². The van der Waals surface area contributed by atoms with E-state index in [0.717, 1.165) is 0 Å². The standard InChI is InChI=1S/C11H16N5O7P/c1-11(18)7(17)5(2-22-24(19,20)21)23-10(11)16-4-15-6-8(12)13-3-14-9(6)16/h3-5,7,10,17-18H,2H2,1H3,(H2,12,13,14)(H2,19,20,21)/t5-,7+,10-,11?/m1/s1. The molecule has 2 aromatic rings. The molecule has 1 aliphatic rings. The van der Waals surface area contributed by atoms with Gasteiger partial charge < -0.3 is 30.5 Å². The van der Waals surface area contributed by atoms with Gasteiger partial charge in [-0.3, -0.25) is 9.09 Å². The third-order valence-electron chi connectivity index (χ3n) is 3.80. The average molecular weight is 361 g/mol. The first-order valence-electron chi connectivity index (χ1n) is 6.80. The van der Waals surface area contributed by atoms with Gasteiger partial charge in [-0.15, -0.1) is 0 Å². The normalized spacial score (nSPS) is 31.0. The zero-order valence-electron chi connectivity index (χ0n) is 12.4. The maximum atomic E-state index is 10.8. The number of aromatic nitrogens is 4. The van der Waals surface area contributed by atoms with Crippen LogP contribution in [0.3, 0.4) is 0 Å². The molecule has 1 aliphatic heterocycles. The molecule has 0 amide bonds. The van der Waals surface area contributed by atoms with Gasteiger partial charge in [0.05, 0.1) is 12.9 Å². The summed E-state index contributed by atoms with van der Waals surface area (Å²) in [6.07, 6.45) is -1.24. The molecule has 1 unspecified atom stereocenters. The molecule has 4 atom stereocenters. The molecule has 24 heavy (non-hydrogen) atoms. The van der Waals surface area contributed by atoms with Crippen LogP contribution in [0.2, 0.25) is 0 Å². The van der Waals surface area contributed by atoms with Gasteiger partial charge in [-0.1, -0.05) is 0 Å². The summed E-state index contributed by atoms with van der Waals surface area (Å²) in [4.78, 5) is 29.4. The van der Waals surface area contributed by atoms with Gasteiger partial charge in [-0.05, 0) is 6.92 Å². The SMILES string of the molecule is CC1(O)[C@@H](O)[C@@H](COP(=O)(O)O)O[C@H]1n1cnc2c(N)ncnc21. The zero-order chi connectivity index (χ0) is 17.7. The maximum Gasteiger partial charge on any atom is 0.469 e. The number of rotatable bonds is 4. The minimum atomic E-state index is -4.74. The lowest BCUT2D eigenvalue weighted by Crippen LogP contribution is -2.44. The molecule has 0 radical (unpaired) electrons. The topological polar surface area (TPSA) is 186 Å². The van der Waals surface area contributed by atoms with Gasteiger partial charge >= 0.3 is 7.82 Å². The van der Waals surface area contributed by atoms with Crippen LogP contribution in [0.1, 0.15) is 13.2 Å². The van der Waals surface area contributed by atoms with Crippen molar-refractivity contribution in [2.45, 2.75) is 31.0 Å². The lowest BCUT2D eigenvalue weighted by Gasteiger charge is -2.27. The Bertz CT molecular complexity index is 805. The van der Waals surface area contributed by atoms with Crippen LogP contribution in [-0.4, -0.2) is 63.9 Å². The van der Waals surface area contributed by atoms with Crippen molar-refractivity contribution >= 4 is 24.8 Å². The van der Waals surface area contributed by atoms with Crippen molar-refractivity contribution in [1.29, 1.82) is 0 Å². The number of aliphatic hydroxyl groups excluding tert-OH is 1. The van der Waals surface area contributed by atoms with Gasteiger partial charge in [-0.25, -0.2) is 19.5 Å². The first kappa shape index (κ1) is 17.2. The van der Waals surface area contributed by atoms with Gasteiger partial charge in [0, 0.05) is 0 Å². The van der Waals surface area contributed by atoms with E-state index < -0.39 is 38.5 Å². The summed E-state index contributed by atoms with van der Waals surface area (Å²) >= 11 is 0. The van der Waals surface area contributed by atoms with Crippen LogP contribution in [0.4, 0.5) is 5.82 Å². The lowest BCUT2D eigenvalue weighted by molar-refractivity contribution is -0.0949.